The third-order valence-electron chi connectivity index (χ3n) is 4.31. The second kappa shape index (κ2) is 8.89. The van der Waals surface area contributed by atoms with Gasteiger partial charge < -0.3 is 9.73 Å². The molecule has 28 heavy (non-hydrogen) atoms. The first kappa shape index (κ1) is 19.9. The fourth-order valence-electron chi connectivity index (χ4n) is 2.58. The third-order valence-corrected chi connectivity index (χ3v) is 5.47. The molecule has 0 spiro atoms. The van der Waals surface area contributed by atoms with Crippen molar-refractivity contribution >= 4 is 29.1 Å². The predicted octanol–water partition coefficient (Wildman–Crippen LogP) is 5.11. The normalized spacial score (nSPS) is 11.8. The second-order valence-corrected chi connectivity index (χ2v) is 7.79. The Bertz CT molecular complexity index is 965. The number of anilines is 1. The van der Waals surface area contributed by atoms with Crippen LogP contribution in [0.2, 0.25) is 0 Å². The molecule has 0 saturated carbocycles. The van der Waals surface area contributed by atoms with Crippen molar-refractivity contribution in [3.63, 3.8) is 0 Å². The SMILES string of the molecule is CC(=O)c1ccc(NC(=O)[C@H](C)SCc2nc(-c3ccccc3)oc2C)cc1. The number of oxazole rings is 1. The van der Waals surface area contributed by atoms with Crippen molar-refractivity contribution in [1.82, 2.24) is 4.98 Å². The fourth-order valence-corrected chi connectivity index (χ4v) is 3.46. The highest BCUT2D eigenvalue weighted by Crippen LogP contribution is 2.26. The predicted molar refractivity (Wildman–Crippen MR) is 113 cm³/mol. The largest absolute Gasteiger partial charge is 0.441 e. The van der Waals surface area contributed by atoms with E-state index in [-0.39, 0.29) is 16.9 Å². The average molecular weight is 394 g/mol. The summed E-state index contributed by atoms with van der Waals surface area (Å²) in [6.45, 7) is 5.26. The van der Waals surface area contributed by atoms with Crippen LogP contribution in [0.25, 0.3) is 11.5 Å². The first-order chi connectivity index (χ1) is 13.4. The summed E-state index contributed by atoms with van der Waals surface area (Å²) >= 11 is 1.50. The summed E-state index contributed by atoms with van der Waals surface area (Å²) in [5.74, 6) is 1.85. The molecule has 0 saturated heterocycles. The minimum absolute atomic E-state index is 0.000320. The zero-order chi connectivity index (χ0) is 20.1. The van der Waals surface area contributed by atoms with Gasteiger partial charge in [-0.2, -0.15) is 0 Å². The number of amides is 1. The van der Waals surface area contributed by atoms with Crippen LogP contribution in [0.3, 0.4) is 0 Å². The summed E-state index contributed by atoms with van der Waals surface area (Å²) in [6, 6.07) is 16.6. The van der Waals surface area contributed by atoms with E-state index in [0.29, 0.717) is 22.9 Å². The van der Waals surface area contributed by atoms with Crippen LogP contribution in [0.5, 0.6) is 0 Å². The number of Topliss-reactive ketones (excluding diaryl/α,β-unsaturated/α-hetero) is 1. The molecule has 1 heterocycles. The molecule has 1 N–H and O–H groups in total. The van der Waals surface area contributed by atoms with Crippen LogP contribution < -0.4 is 5.32 Å². The minimum Gasteiger partial charge on any atom is -0.441 e. The lowest BCUT2D eigenvalue weighted by molar-refractivity contribution is -0.115. The third kappa shape index (κ3) is 4.89. The smallest absolute Gasteiger partial charge is 0.237 e. The lowest BCUT2D eigenvalue weighted by Crippen LogP contribution is -2.22. The van der Waals surface area contributed by atoms with Crippen molar-refractivity contribution in [3.8, 4) is 11.5 Å². The quantitative estimate of drug-likeness (QED) is 0.564. The standard InChI is InChI=1S/C22H22N2O3S/c1-14(25)17-9-11-19(12-10-17)23-21(26)16(3)28-13-20-15(2)27-22(24-20)18-7-5-4-6-8-18/h4-12,16H,13H2,1-3H3,(H,23,26)/t16-/m0/s1. The van der Waals surface area contributed by atoms with Gasteiger partial charge >= 0.3 is 0 Å². The zero-order valence-electron chi connectivity index (χ0n) is 16.1. The molecule has 2 aromatic carbocycles. The summed E-state index contributed by atoms with van der Waals surface area (Å²) in [4.78, 5) is 28.3. The first-order valence-electron chi connectivity index (χ1n) is 8.99. The van der Waals surface area contributed by atoms with Crippen LogP contribution in [-0.2, 0) is 10.5 Å². The summed E-state index contributed by atoms with van der Waals surface area (Å²) in [5, 5.41) is 2.61. The Morgan fingerprint density at radius 1 is 1.11 bits per heavy atom. The van der Waals surface area contributed by atoms with E-state index in [1.54, 1.807) is 24.3 Å². The molecule has 3 rings (SSSR count). The molecule has 6 heteroatoms. The van der Waals surface area contributed by atoms with Crippen LogP contribution in [-0.4, -0.2) is 21.9 Å². The van der Waals surface area contributed by atoms with Gasteiger partial charge in [-0.1, -0.05) is 18.2 Å². The molecular formula is C22H22N2O3S. The monoisotopic (exact) mass is 394 g/mol. The van der Waals surface area contributed by atoms with Gasteiger partial charge in [-0.15, -0.1) is 11.8 Å². The Balaban J connectivity index is 1.57. The first-order valence-corrected chi connectivity index (χ1v) is 10.0. The number of carbonyl (C=O) groups is 2. The van der Waals surface area contributed by atoms with Gasteiger partial charge in [-0.25, -0.2) is 4.98 Å². The number of rotatable bonds is 7. The molecule has 3 aromatic rings. The van der Waals surface area contributed by atoms with Gasteiger partial charge in [0, 0.05) is 22.6 Å². The molecule has 1 atom stereocenters. The van der Waals surface area contributed by atoms with E-state index < -0.39 is 0 Å². The topological polar surface area (TPSA) is 72.2 Å². The van der Waals surface area contributed by atoms with E-state index in [9.17, 15) is 9.59 Å². The van der Waals surface area contributed by atoms with Crippen molar-refractivity contribution in [3.05, 3.63) is 71.6 Å². The van der Waals surface area contributed by atoms with E-state index in [2.05, 4.69) is 10.3 Å². The van der Waals surface area contributed by atoms with Crippen molar-refractivity contribution < 1.29 is 14.0 Å². The Hall–Kier alpha value is -2.86. The van der Waals surface area contributed by atoms with Gasteiger partial charge in [0.2, 0.25) is 11.8 Å². The van der Waals surface area contributed by atoms with Crippen molar-refractivity contribution in [2.24, 2.45) is 0 Å². The Labute approximate surface area is 168 Å². The van der Waals surface area contributed by atoms with Crippen LogP contribution in [0.15, 0.2) is 59.0 Å². The second-order valence-electron chi connectivity index (χ2n) is 6.46. The molecule has 0 unspecified atom stereocenters. The number of hydrogen-bond donors (Lipinski definition) is 1. The molecule has 0 aliphatic rings. The maximum absolute atomic E-state index is 12.4. The van der Waals surface area contributed by atoms with E-state index in [0.717, 1.165) is 17.0 Å². The summed E-state index contributed by atoms with van der Waals surface area (Å²) < 4.78 is 5.77. The van der Waals surface area contributed by atoms with Gasteiger partial charge in [0.15, 0.2) is 5.78 Å². The molecular weight excluding hydrogens is 372 g/mol. The van der Waals surface area contributed by atoms with Gasteiger partial charge in [0.1, 0.15) is 5.76 Å². The van der Waals surface area contributed by atoms with Gasteiger partial charge in [0.05, 0.1) is 10.9 Å². The van der Waals surface area contributed by atoms with E-state index in [1.807, 2.05) is 44.2 Å². The highest BCUT2D eigenvalue weighted by atomic mass is 32.2. The fraction of sp³-hybridized carbons (Fsp3) is 0.227. The number of ketones is 1. The summed E-state index contributed by atoms with van der Waals surface area (Å²) in [6.07, 6.45) is 0. The molecule has 0 radical (unpaired) electrons. The van der Waals surface area contributed by atoms with Crippen molar-refractivity contribution in [2.75, 3.05) is 5.32 Å². The molecule has 5 nitrogen and oxygen atoms in total. The molecule has 0 fully saturated rings. The van der Waals surface area contributed by atoms with Gasteiger partial charge in [-0.05, 0) is 57.2 Å². The molecule has 144 valence electrons. The average Bonchev–Trinajstić information content (AvgIpc) is 3.08. The van der Waals surface area contributed by atoms with E-state index >= 15 is 0 Å². The number of benzene rings is 2. The Kier molecular flexibility index (Phi) is 6.31. The van der Waals surface area contributed by atoms with Gasteiger partial charge in [-0.3, -0.25) is 9.59 Å². The number of nitrogens with one attached hydrogen (secondary N) is 1. The van der Waals surface area contributed by atoms with Crippen LogP contribution in [0, 0.1) is 6.92 Å². The summed E-state index contributed by atoms with van der Waals surface area (Å²) in [5.41, 5.74) is 3.07. The summed E-state index contributed by atoms with van der Waals surface area (Å²) in [7, 11) is 0. The molecule has 0 aliphatic carbocycles. The number of hydrogen-bond acceptors (Lipinski definition) is 5. The maximum Gasteiger partial charge on any atom is 0.237 e. The molecule has 0 bridgehead atoms. The highest BCUT2D eigenvalue weighted by molar-refractivity contribution is 7.99. The minimum atomic E-state index is -0.260. The van der Waals surface area contributed by atoms with Crippen molar-refractivity contribution in [1.29, 1.82) is 0 Å². The number of carbonyl (C=O) groups excluding carboxylic acids is 2. The number of thioether (sulfide) groups is 1. The molecule has 1 amide bonds. The van der Waals surface area contributed by atoms with Gasteiger partial charge in [0.25, 0.3) is 0 Å². The Morgan fingerprint density at radius 2 is 1.79 bits per heavy atom. The lowest BCUT2D eigenvalue weighted by atomic mass is 10.1. The van der Waals surface area contributed by atoms with E-state index in [4.69, 9.17) is 4.42 Å². The molecule has 0 aliphatic heterocycles. The Morgan fingerprint density at radius 3 is 2.43 bits per heavy atom. The number of nitrogens with zero attached hydrogens (tertiary/aromatic N) is 1. The van der Waals surface area contributed by atoms with Crippen LogP contribution >= 0.6 is 11.8 Å². The molecule has 1 aromatic heterocycles. The lowest BCUT2D eigenvalue weighted by Gasteiger charge is -2.11. The maximum atomic E-state index is 12.4. The number of aromatic nitrogens is 1. The highest BCUT2D eigenvalue weighted by Gasteiger charge is 2.17. The van der Waals surface area contributed by atoms with Crippen LogP contribution in [0.1, 0.15) is 35.7 Å². The zero-order valence-corrected chi connectivity index (χ0v) is 16.9. The van der Waals surface area contributed by atoms with Crippen LogP contribution in [0.4, 0.5) is 5.69 Å². The van der Waals surface area contributed by atoms with Crippen molar-refractivity contribution in [2.45, 2.75) is 31.8 Å². The number of aryl methyl sites for hydroxylation is 1. The van der Waals surface area contributed by atoms with E-state index in [1.165, 1.54) is 18.7 Å².